The van der Waals surface area contributed by atoms with Gasteiger partial charge in [0.2, 0.25) is 0 Å². The number of carbonyl (C=O) groups excluding carboxylic acids is 1. The fraction of sp³-hybridized carbons (Fsp3) is 0.273. The molecule has 1 amide bonds. The first-order valence-electron chi connectivity index (χ1n) is 8.86. The molecule has 0 radical (unpaired) electrons. The lowest BCUT2D eigenvalue weighted by Gasteiger charge is -2.15. The van der Waals surface area contributed by atoms with Crippen LogP contribution in [-0.4, -0.2) is 5.91 Å². The summed E-state index contributed by atoms with van der Waals surface area (Å²) in [5.74, 6) is -0.382. The highest BCUT2D eigenvalue weighted by Crippen LogP contribution is 2.15. The molecule has 26 heavy (non-hydrogen) atoms. The van der Waals surface area contributed by atoms with Crippen LogP contribution in [0, 0.1) is 11.3 Å². The molecule has 0 aliphatic carbocycles. The third-order valence-corrected chi connectivity index (χ3v) is 4.38. The van der Waals surface area contributed by atoms with Gasteiger partial charge in [0.25, 0.3) is 5.91 Å². The maximum absolute atomic E-state index is 12.4. The molecule has 0 spiro atoms. The average Bonchev–Trinajstić information content (AvgIpc) is 2.69. The van der Waals surface area contributed by atoms with Gasteiger partial charge in [-0.25, -0.2) is 0 Å². The van der Waals surface area contributed by atoms with Crippen molar-refractivity contribution in [1.29, 1.82) is 5.26 Å². The highest BCUT2D eigenvalue weighted by molar-refractivity contribution is 5.97. The summed E-state index contributed by atoms with van der Waals surface area (Å²) in [6, 6.07) is 19.8. The molecule has 0 saturated heterocycles. The number of nitriles is 1. The van der Waals surface area contributed by atoms with Gasteiger partial charge in [-0.15, -0.1) is 0 Å². The number of carbonyl (C=O) groups is 1. The normalized spacial score (nSPS) is 13.4. The van der Waals surface area contributed by atoms with Crippen molar-refractivity contribution in [2.45, 2.75) is 39.3 Å². The first kappa shape index (κ1) is 19.3. The number of nitrogens with zero attached hydrogens (tertiary/aromatic N) is 1. The minimum atomic E-state index is -0.382. The molecule has 0 saturated carbocycles. The molecular formula is C22H25N3O. The fourth-order valence-corrected chi connectivity index (χ4v) is 2.59. The van der Waals surface area contributed by atoms with E-state index in [0.29, 0.717) is 0 Å². The highest BCUT2D eigenvalue weighted by atomic mass is 16.1. The Bertz CT molecular complexity index is 788. The lowest BCUT2D eigenvalue weighted by molar-refractivity contribution is -0.117. The van der Waals surface area contributed by atoms with E-state index in [1.807, 2.05) is 62.4 Å². The molecule has 2 aromatic rings. The molecule has 2 rings (SSSR count). The van der Waals surface area contributed by atoms with Crippen LogP contribution in [0.1, 0.15) is 49.5 Å². The van der Waals surface area contributed by atoms with Crippen LogP contribution in [0.25, 0.3) is 0 Å². The van der Waals surface area contributed by atoms with Gasteiger partial charge in [-0.2, -0.15) is 5.26 Å². The van der Waals surface area contributed by atoms with Gasteiger partial charge >= 0.3 is 0 Å². The van der Waals surface area contributed by atoms with Crippen molar-refractivity contribution in [2.75, 3.05) is 0 Å². The molecule has 0 aliphatic rings. The molecule has 2 N–H and O–H groups in total. The van der Waals surface area contributed by atoms with E-state index in [-0.39, 0.29) is 23.6 Å². The van der Waals surface area contributed by atoms with Gasteiger partial charge < -0.3 is 10.6 Å². The molecule has 0 aromatic heterocycles. The molecule has 4 nitrogen and oxygen atoms in total. The number of hydrogen-bond acceptors (Lipinski definition) is 3. The zero-order chi connectivity index (χ0) is 18.9. The van der Waals surface area contributed by atoms with Crippen LogP contribution in [0.5, 0.6) is 0 Å². The van der Waals surface area contributed by atoms with E-state index in [9.17, 15) is 10.1 Å². The van der Waals surface area contributed by atoms with E-state index in [4.69, 9.17) is 0 Å². The number of aryl methyl sites for hydroxylation is 1. The van der Waals surface area contributed by atoms with E-state index < -0.39 is 0 Å². The second-order valence-electron chi connectivity index (χ2n) is 6.26. The SMILES string of the molecule is CCc1ccc(C(C)NC(=O)/C(C#N)=C\NC(C)c2ccccc2)cc1. The molecule has 2 atom stereocenters. The topological polar surface area (TPSA) is 64.9 Å². The van der Waals surface area contributed by atoms with E-state index in [0.717, 1.165) is 17.5 Å². The van der Waals surface area contributed by atoms with Crippen molar-refractivity contribution >= 4 is 5.91 Å². The Morgan fingerprint density at radius 1 is 1.04 bits per heavy atom. The smallest absolute Gasteiger partial charge is 0.263 e. The summed E-state index contributed by atoms with van der Waals surface area (Å²) in [5.41, 5.74) is 3.41. The largest absolute Gasteiger partial charge is 0.383 e. The highest BCUT2D eigenvalue weighted by Gasteiger charge is 2.14. The van der Waals surface area contributed by atoms with Crippen LogP contribution in [0.4, 0.5) is 0 Å². The van der Waals surface area contributed by atoms with E-state index in [1.54, 1.807) is 0 Å². The minimum Gasteiger partial charge on any atom is -0.383 e. The summed E-state index contributed by atoms with van der Waals surface area (Å²) in [6.45, 7) is 6.00. The second-order valence-corrected chi connectivity index (χ2v) is 6.26. The molecule has 0 aliphatic heterocycles. The monoisotopic (exact) mass is 347 g/mol. The Labute approximate surface area is 155 Å². The molecule has 0 bridgehead atoms. The minimum absolute atomic E-state index is 0.00589. The lowest BCUT2D eigenvalue weighted by Crippen LogP contribution is -2.28. The third kappa shape index (κ3) is 5.22. The van der Waals surface area contributed by atoms with Crippen molar-refractivity contribution in [1.82, 2.24) is 10.6 Å². The maximum Gasteiger partial charge on any atom is 0.263 e. The van der Waals surface area contributed by atoms with Crippen LogP contribution in [0.2, 0.25) is 0 Å². The predicted molar refractivity (Wildman–Crippen MR) is 104 cm³/mol. The van der Waals surface area contributed by atoms with Gasteiger partial charge in [-0.1, -0.05) is 61.5 Å². The Morgan fingerprint density at radius 2 is 1.65 bits per heavy atom. The Morgan fingerprint density at radius 3 is 2.23 bits per heavy atom. The van der Waals surface area contributed by atoms with Crippen molar-refractivity contribution in [3.63, 3.8) is 0 Å². The molecule has 4 heteroatoms. The van der Waals surface area contributed by atoms with Gasteiger partial charge in [0.05, 0.1) is 6.04 Å². The van der Waals surface area contributed by atoms with E-state index >= 15 is 0 Å². The Kier molecular flexibility index (Phi) is 6.99. The van der Waals surface area contributed by atoms with Crippen LogP contribution >= 0.6 is 0 Å². The summed E-state index contributed by atoms with van der Waals surface area (Å²) in [7, 11) is 0. The van der Waals surface area contributed by atoms with Crippen molar-refractivity contribution in [3.05, 3.63) is 83.1 Å². The average molecular weight is 347 g/mol. The summed E-state index contributed by atoms with van der Waals surface area (Å²) < 4.78 is 0. The standard InChI is InChI=1S/C22H25N3O/c1-4-18-10-12-20(13-11-18)17(3)25-22(26)21(14-23)15-24-16(2)19-8-6-5-7-9-19/h5-13,15-17,24H,4H2,1-3H3,(H,25,26)/b21-15-. The predicted octanol–water partition coefficient (Wildman–Crippen LogP) is 4.18. The Balaban J connectivity index is 1.99. The molecule has 2 aromatic carbocycles. The first-order valence-corrected chi connectivity index (χ1v) is 8.86. The Hall–Kier alpha value is -3.06. The number of benzene rings is 2. The quantitative estimate of drug-likeness (QED) is 0.583. The molecule has 2 unspecified atom stereocenters. The van der Waals surface area contributed by atoms with Gasteiger partial charge in [0.15, 0.2) is 0 Å². The van der Waals surface area contributed by atoms with E-state index in [1.165, 1.54) is 11.8 Å². The zero-order valence-corrected chi connectivity index (χ0v) is 15.5. The van der Waals surface area contributed by atoms with Gasteiger partial charge in [-0.3, -0.25) is 4.79 Å². The van der Waals surface area contributed by atoms with Gasteiger partial charge in [0.1, 0.15) is 11.6 Å². The maximum atomic E-state index is 12.4. The summed E-state index contributed by atoms with van der Waals surface area (Å²) in [4.78, 5) is 12.4. The van der Waals surface area contributed by atoms with E-state index in [2.05, 4.69) is 29.7 Å². The number of hydrogen-bond donors (Lipinski definition) is 2. The summed E-state index contributed by atoms with van der Waals surface area (Å²) in [6.07, 6.45) is 2.47. The van der Waals surface area contributed by atoms with Crippen molar-refractivity contribution in [3.8, 4) is 6.07 Å². The first-order chi connectivity index (χ1) is 12.5. The van der Waals surface area contributed by atoms with Crippen LogP contribution in [-0.2, 0) is 11.2 Å². The van der Waals surface area contributed by atoms with Crippen molar-refractivity contribution < 1.29 is 4.79 Å². The summed E-state index contributed by atoms with van der Waals surface area (Å²) in [5, 5.41) is 15.3. The lowest BCUT2D eigenvalue weighted by atomic mass is 10.0. The van der Waals surface area contributed by atoms with Gasteiger partial charge in [0, 0.05) is 12.2 Å². The summed E-state index contributed by atoms with van der Waals surface area (Å²) >= 11 is 0. The fourth-order valence-electron chi connectivity index (χ4n) is 2.59. The van der Waals surface area contributed by atoms with Crippen LogP contribution in [0.15, 0.2) is 66.4 Å². The number of nitrogens with one attached hydrogen (secondary N) is 2. The number of rotatable bonds is 7. The van der Waals surface area contributed by atoms with Crippen LogP contribution < -0.4 is 10.6 Å². The molecular weight excluding hydrogens is 322 g/mol. The molecule has 0 fully saturated rings. The number of amides is 1. The van der Waals surface area contributed by atoms with Gasteiger partial charge in [-0.05, 0) is 37.0 Å². The van der Waals surface area contributed by atoms with Crippen molar-refractivity contribution in [2.24, 2.45) is 0 Å². The zero-order valence-electron chi connectivity index (χ0n) is 15.5. The molecule has 134 valence electrons. The third-order valence-electron chi connectivity index (χ3n) is 4.38. The van der Waals surface area contributed by atoms with Crippen LogP contribution in [0.3, 0.4) is 0 Å². The second kappa shape index (κ2) is 9.43. The molecule has 0 heterocycles.